The Morgan fingerprint density at radius 1 is 1.38 bits per heavy atom. The molecule has 0 radical (unpaired) electrons. The zero-order valence-electron chi connectivity index (χ0n) is 8.57. The number of H-pyrrole nitrogens is 1. The summed E-state index contributed by atoms with van der Waals surface area (Å²) in [7, 11) is 0. The van der Waals surface area contributed by atoms with Crippen molar-refractivity contribution in [3.8, 4) is 0 Å². The quantitative estimate of drug-likeness (QED) is 0.674. The minimum absolute atomic E-state index is 0.379. The van der Waals surface area contributed by atoms with Gasteiger partial charge in [0.25, 0.3) is 0 Å². The summed E-state index contributed by atoms with van der Waals surface area (Å²) in [5.41, 5.74) is 2.28. The molecule has 0 aliphatic rings. The van der Waals surface area contributed by atoms with E-state index >= 15 is 0 Å². The van der Waals surface area contributed by atoms with E-state index in [0.717, 1.165) is 21.1 Å². The molecule has 0 unspecified atom stereocenters. The van der Waals surface area contributed by atoms with Crippen LogP contribution in [0.25, 0.3) is 21.1 Å². The third kappa shape index (κ3) is 1.17. The van der Waals surface area contributed by atoms with E-state index in [0.29, 0.717) is 4.88 Å². The van der Waals surface area contributed by atoms with Gasteiger partial charge in [0.15, 0.2) is 0 Å². The van der Waals surface area contributed by atoms with Gasteiger partial charge in [0.1, 0.15) is 9.71 Å². The Bertz CT molecular complexity index is 708. The second-order valence-electron chi connectivity index (χ2n) is 3.78. The molecular formula is C12H9NO2S. The normalized spacial score (nSPS) is 11.3. The molecule has 3 aromatic rings. The monoisotopic (exact) mass is 231 g/mol. The molecule has 0 fully saturated rings. The van der Waals surface area contributed by atoms with Gasteiger partial charge in [-0.05, 0) is 18.6 Å². The Hall–Kier alpha value is -1.81. The largest absolute Gasteiger partial charge is 0.477 e. The molecular weight excluding hydrogens is 222 g/mol. The van der Waals surface area contributed by atoms with Crippen LogP contribution in [0.1, 0.15) is 15.2 Å². The molecule has 0 amide bonds. The molecule has 3 rings (SSSR count). The van der Waals surface area contributed by atoms with Gasteiger partial charge >= 0.3 is 5.97 Å². The predicted molar refractivity (Wildman–Crippen MR) is 65.4 cm³/mol. The molecule has 0 spiro atoms. The van der Waals surface area contributed by atoms with E-state index in [9.17, 15) is 4.79 Å². The van der Waals surface area contributed by atoms with Crippen LogP contribution in [0.4, 0.5) is 0 Å². The van der Waals surface area contributed by atoms with Gasteiger partial charge in [-0.1, -0.05) is 18.2 Å². The molecule has 1 aromatic carbocycles. The average molecular weight is 231 g/mol. The summed E-state index contributed by atoms with van der Waals surface area (Å²) in [4.78, 5) is 15.5. The van der Waals surface area contributed by atoms with Crippen molar-refractivity contribution in [2.45, 2.75) is 6.92 Å². The van der Waals surface area contributed by atoms with E-state index < -0.39 is 5.97 Å². The molecule has 0 atom stereocenters. The number of carbonyl (C=O) groups is 1. The number of hydrogen-bond donors (Lipinski definition) is 2. The first-order chi connectivity index (χ1) is 7.66. The van der Waals surface area contributed by atoms with E-state index in [-0.39, 0.29) is 0 Å². The van der Waals surface area contributed by atoms with Gasteiger partial charge in [0.2, 0.25) is 0 Å². The number of hydrogen-bond acceptors (Lipinski definition) is 2. The van der Waals surface area contributed by atoms with E-state index in [1.165, 1.54) is 16.9 Å². The maximum absolute atomic E-state index is 10.9. The van der Waals surface area contributed by atoms with Crippen molar-refractivity contribution in [1.29, 1.82) is 0 Å². The van der Waals surface area contributed by atoms with Gasteiger partial charge in [-0.25, -0.2) is 4.79 Å². The highest BCUT2D eigenvalue weighted by Crippen LogP contribution is 2.33. The van der Waals surface area contributed by atoms with Crippen molar-refractivity contribution in [1.82, 2.24) is 4.98 Å². The Kier molecular flexibility index (Phi) is 1.82. The number of carboxylic acids is 1. The van der Waals surface area contributed by atoms with Gasteiger partial charge in [0.05, 0.1) is 5.52 Å². The molecule has 0 bridgehead atoms. The number of aromatic nitrogens is 1. The van der Waals surface area contributed by atoms with Crippen molar-refractivity contribution >= 4 is 38.4 Å². The molecule has 0 saturated carbocycles. The summed E-state index contributed by atoms with van der Waals surface area (Å²) in [5, 5.41) is 11.0. The van der Waals surface area contributed by atoms with E-state index in [1.54, 1.807) is 6.07 Å². The van der Waals surface area contributed by atoms with Crippen LogP contribution in [0, 0.1) is 6.92 Å². The molecule has 16 heavy (non-hydrogen) atoms. The molecule has 0 aliphatic heterocycles. The summed E-state index contributed by atoms with van der Waals surface area (Å²) >= 11 is 1.28. The summed E-state index contributed by atoms with van der Waals surface area (Å²) in [6.45, 7) is 2.04. The summed E-state index contributed by atoms with van der Waals surface area (Å²) in [6, 6.07) is 7.78. The van der Waals surface area contributed by atoms with Crippen LogP contribution in [0.3, 0.4) is 0 Å². The molecule has 80 valence electrons. The van der Waals surface area contributed by atoms with Gasteiger partial charge in [0, 0.05) is 10.8 Å². The summed E-state index contributed by atoms with van der Waals surface area (Å²) in [5.74, 6) is -0.865. The van der Waals surface area contributed by atoms with Crippen LogP contribution in [-0.2, 0) is 0 Å². The first-order valence-corrected chi connectivity index (χ1v) is 5.72. The Morgan fingerprint density at radius 2 is 2.19 bits per heavy atom. The molecule has 0 saturated heterocycles. The van der Waals surface area contributed by atoms with Gasteiger partial charge in [-0.3, -0.25) is 0 Å². The number of thiophene rings is 1. The maximum atomic E-state index is 10.9. The van der Waals surface area contributed by atoms with Crippen LogP contribution in [0.2, 0.25) is 0 Å². The third-order valence-corrected chi connectivity index (χ3v) is 3.78. The van der Waals surface area contributed by atoms with Crippen LogP contribution in [-0.4, -0.2) is 16.1 Å². The molecule has 4 heteroatoms. The zero-order chi connectivity index (χ0) is 11.3. The smallest absolute Gasteiger partial charge is 0.345 e. The number of aromatic carboxylic acids is 1. The zero-order valence-corrected chi connectivity index (χ0v) is 9.39. The van der Waals surface area contributed by atoms with Crippen molar-refractivity contribution in [2.75, 3.05) is 0 Å². The summed E-state index contributed by atoms with van der Waals surface area (Å²) in [6.07, 6.45) is 0. The average Bonchev–Trinajstić information content (AvgIpc) is 2.76. The third-order valence-electron chi connectivity index (χ3n) is 2.74. The van der Waals surface area contributed by atoms with Gasteiger partial charge in [-0.2, -0.15) is 0 Å². The van der Waals surface area contributed by atoms with Crippen molar-refractivity contribution in [2.24, 2.45) is 0 Å². The highest BCUT2D eigenvalue weighted by atomic mass is 32.1. The minimum Gasteiger partial charge on any atom is -0.477 e. The number of carboxylic acid groups (broad SMARTS) is 1. The lowest BCUT2D eigenvalue weighted by molar-refractivity contribution is 0.0702. The highest BCUT2D eigenvalue weighted by molar-refractivity contribution is 7.20. The van der Waals surface area contributed by atoms with Crippen LogP contribution in [0.5, 0.6) is 0 Å². The van der Waals surface area contributed by atoms with E-state index in [4.69, 9.17) is 5.11 Å². The van der Waals surface area contributed by atoms with Crippen molar-refractivity contribution in [3.63, 3.8) is 0 Å². The minimum atomic E-state index is -0.865. The molecule has 0 aliphatic carbocycles. The van der Waals surface area contributed by atoms with Crippen molar-refractivity contribution < 1.29 is 9.90 Å². The Labute approximate surface area is 95.3 Å². The fourth-order valence-electron chi connectivity index (χ4n) is 1.96. The lowest BCUT2D eigenvalue weighted by Gasteiger charge is -1.94. The number of nitrogens with one attached hydrogen (secondary N) is 1. The van der Waals surface area contributed by atoms with Gasteiger partial charge < -0.3 is 10.1 Å². The molecule has 2 heterocycles. The van der Waals surface area contributed by atoms with Crippen LogP contribution in [0.15, 0.2) is 24.3 Å². The number of para-hydroxylation sites is 1. The Morgan fingerprint density at radius 3 is 2.94 bits per heavy atom. The number of benzene rings is 1. The van der Waals surface area contributed by atoms with E-state index in [2.05, 4.69) is 4.98 Å². The molecule has 3 nitrogen and oxygen atoms in total. The van der Waals surface area contributed by atoms with Crippen LogP contribution >= 0.6 is 11.3 Å². The fourth-order valence-corrected chi connectivity index (χ4v) is 2.88. The maximum Gasteiger partial charge on any atom is 0.345 e. The second-order valence-corrected chi connectivity index (χ2v) is 4.83. The van der Waals surface area contributed by atoms with E-state index in [1.807, 2.05) is 25.1 Å². The topological polar surface area (TPSA) is 53.1 Å². The Balaban J connectivity index is 2.43. The summed E-state index contributed by atoms with van der Waals surface area (Å²) < 4.78 is 0. The van der Waals surface area contributed by atoms with Crippen molar-refractivity contribution in [3.05, 3.63) is 34.7 Å². The first-order valence-electron chi connectivity index (χ1n) is 4.91. The first kappa shape index (κ1) is 9.42. The fraction of sp³-hybridized carbons (Fsp3) is 0.0833. The highest BCUT2D eigenvalue weighted by Gasteiger charge is 2.13. The van der Waals surface area contributed by atoms with Gasteiger partial charge in [-0.15, -0.1) is 11.3 Å². The standard InChI is InChI=1S/C12H9NO2S/c1-6-3-2-4-7-8-5-9(12(14)15)16-11(8)13-10(6)7/h2-5,13H,1H3,(H,14,15). The molecule has 2 N–H and O–H groups in total. The molecule has 2 aromatic heterocycles. The number of rotatable bonds is 1. The number of aryl methyl sites for hydroxylation is 1. The SMILES string of the molecule is Cc1cccc2c1[nH]c1sc(C(=O)O)cc12. The van der Waals surface area contributed by atoms with Crippen LogP contribution < -0.4 is 0 Å². The number of fused-ring (bicyclic) bond motifs is 3. The lowest BCUT2D eigenvalue weighted by atomic mass is 10.1. The second kappa shape index (κ2) is 3.09. The number of aromatic amines is 1. The predicted octanol–water partition coefficient (Wildman–Crippen LogP) is 3.39. The lowest BCUT2D eigenvalue weighted by Crippen LogP contribution is -1.89.